The van der Waals surface area contributed by atoms with Gasteiger partial charge in [0.15, 0.2) is 11.4 Å². The Balaban J connectivity index is 0.936. The molecule has 2 atom stereocenters. The van der Waals surface area contributed by atoms with Gasteiger partial charge in [0.05, 0.1) is 53.5 Å². The summed E-state index contributed by atoms with van der Waals surface area (Å²) in [7, 11) is -4.69. The summed E-state index contributed by atoms with van der Waals surface area (Å²) in [6.45, 7) is 10.6. The number of sulfonamides is 1. The first-order chi connectivity index (χ1) is 32.3. The second kappa shape index (κ2) is 18.3. The van der Waals surface area contributed by atoms with Gasteiger partial charge in [0.1, 0.15) is 24.0 Å². The quantitative estimate of drug-likeness (QED) is 0.0918. The summed E-state index contributed by atoms with van der Waals surface area (Å²) < 4.78 is 53.8. The third-order valence-corrected chi connectivity index (χ3v) is 15.0. The Morgan fingerprint density at radius 1 is 0.970 bits per heavy atom. The van der Waals surface area contributed by atoms with Gasteiger partial charge >= 0.3 is 0 Å². The summed E-state index contributed by atoms with van der Waals surface area (Å²) in [5.41, 5.74) is 6.51. The van der Waals surface area contributed by atoms with Crippen LogP contribution in [0.15, 0.2) is 83.4 Å². The van der Waals surface area contributed by atoms with E-state index in [1.165, 1.54) is 22.8 Å². The van der Waals surface area contributed by atoms with Crippen LogP contribution in [0.25, 0.3) is 16.6 Å². The molecular formula is C48H53ClN8O9S. The number of H-pyrrole nitrogens is 1. The number of nitro groups is 1. The van der Waals surface area contributed by atoms with Crippen LogP contribution in [0, 0.1) is 15.5 Å². The monoisotopic (exact) mass is 952 g/mol. The first kappa shape index (κ1) is 44.9. The van der Waals surface area contributed by atoms with Gasteiger partial charge < -0.3 is 39.0 Å². The van der Waals surface area contributed by atoms with Crippen LogP contribution in [0.3, 0.4) is 0 Å². The van der Waals surface area contributed by atoms with E-state index in [0.717, 1.165) is 74.1 Å². The molecule has 19 heteroatoms. The van der Waals surface area contributed by atoms with E-state index in [2.05, 4.69) is 50.8 Å². The molecule has 6 heterocycles. The summed E-state index contributed by atoms with van der Waals surface area (Å²) >= 11 is 6.28. The molecule has 0 unspecified atom stereocenters. The zero-order chi connectivity index (χ0) is 46.5. The molecule has 17 nitrogen and oxygen atoms in total. The molecule has 2 aromatic heterocycles. The van der Waals surface area contributed by atoms with Crippen LogP contribution in [0.1, 0.15) is 55.5 Å². The van der Waals surface area contributed by atoms with Gasteiger partial charge in [-0.05, 0) is 84.7 Å². The maximum Gasteiger partial charge on any atom is 0.297 e. The van der Waals surface area contributed by atoms with Crippen molar-refractivity contribution in [2.24, 2.45) is 5.41 Å². The van der Waals surface area contributed by atoms with Crippen molar-refractivity contribution >= 4 is 72.6 Å². The number of hydrogen-bond acceptors (Lipinski definition) is 14. The van der Waals surface area contributed by atoms with E-state index in [1.807, 2.05) is 41.3 Å². The van der Waals surface area contributed by atoms with E-state index in [-0.39, 0.29) is 35.6 Å². The standard InChI is InChI=1S/C48H53ClN8O9S/c1-48(2)12-10-32(37(26-48)30-4-6-33(49)7-5-30)27-54-15-17-55(18-16-54)34-8-9-36(39(23-34)56-14-3-19-65-47-41(56)22-31-11-13-50-45(31)52-47)46(58)53-67(61,62)35-24-40(57(59)60)44-42(25-35)66-28-38(51-44)43-29-63-20-21-64-43/h4-9,11,13,22-25,38,43,51H,3,10,12,14-21,26-29H2,1-2H3,(H,50,52)(H,53,58)/t38-,43+/m1/s1. The third kappa shape index (κ3) is 9.37. The number of nitrogens with zero attached hydrogens (tertiary/aromatic N) is 5. The first-order valence-corrected chi connectivity index (χ1v) is 24.6. The number of benzene rings is 3. The Labute approximate surface area is 393 Å². The van der Waals surface area contributed by atoms with Gasteiger partial charge in [-0.2, -0.15) is 4.98 Å². The number of piperazine rings is 1. The van der Waals surface area contributed by atoms with E-state index >= 15 is 0 Å². The van der Waals surface area contributed by atoms with E-state index in [4.69, 9.17) is 35.5 Å². The Kier molecular flexibility index (Phi) is 12.3. The Morgan fingerprint density at radius 2 is 1.79 bits per heavy atom. The summed E-state index contributed by atoms with van der Waals surface area (Å²) in [4.78, 5) is 40.3. The zero-order valence-corrected chi connectivity index (χ0v) is 39.0. The van der Waals surface area contributed by atoms with Gasteiger partial charge in [-0.3, -0.25) is 19.8 Å². The number of nitro benzene ring substituents is 1. The fourth-order valence-corrected chi connectivity index (χ4v) is 10.9. The lowest BCUT2D eigenvalue weighted by atomic mass is 9.72. The molecule has 4 aliphatic heterocycles. The highest BCUT2D eigenvalue weighted by Crippen LogP contribution is 2.45. The van der Waals surface area contributed by atoms with Gasteiger partial charge in [-0.25, -0.2) is 13.1 Å². The van der Waals surface area contributed by atoms with Crippen LogP contribution in [0.4, 0.5) is 28.4 Å². The molecule has 5 aliphatic rings. The van der Waals surface area contributed by atoms with Gasteiger partial charge in [0, 0.05) is 73.7 Å². The lowest BCUT2D eigenvalue weighted by molar-refractivity contribution is -0.384. The average Bonchev–Trinajstić information content (AvgIpc) is 3.69. The molecule has 3 N–H and O–H groups in total. The van der Waals surface area contributed by atoms with Crippen LogP contribution >= 0.6 is 11.6 Å². The maximum atomic E-state index is 14.5. The number of ether oxygens (including phenoxy) is 4. The molecule has 2 saturated heterocycles. The molecule has 0 saturated carbocycles. The minimum Gasteiger partial charge on any atom is -0.489 e. The van der Waals surface area contributed by atoms with Gasteiger partial charge in [0.2, 0.25) is 5.88 Å². The highest BCUT2D eigenvalue weighted by Gasteiger charge is 2.37. The lowest BCUT2D eigenvalue weighted by Crippen LogP contribution is -2.47. The van der Waals surface area contributed by atoms with Crippen molar-refractivity contribution in [2.75, 3.05) is 87.4 Å². The summed E-state index contributed by atoms with van der Waals surface area (Å²) in [5, 5.41) is 17.1. The van der Waals surface area contributed by atoms with Crippen LogP contribution in [0.2, 0.25) is 5.02 Å². The number of carbonyl (C=O) groups excluding carboxylic acids is 1. The molecule has 3 aromatic carbocycles. The van der Waals surface area contributed by atoms with Crippen molar-refractivity contribution in [3.8, 4) is 11.6 Å². The average molecular weight is 954 g/mol. The fourth-order valence-electron chi connectivity index (χ4n) is 9.76. The molecule has 0 spiro atoms. The molecule has 1 amide bonds. The highest BCUT2D eigenvalue weighted by molar-refractivity contribution is 7.90. The zero-order valence-electron chi connectivity index (χ0n) is 37.4. The number of halogens is 1. The number of aromatic amines is 1. The predicted octanol–water partition coefficient (Wildman–Crippen LogP) is 7.54. The van der Waals surface area contributed by atoms with E-state index < -0.39 is 43.6 Å². The number of allylic oxidation sites excluding steroid dienone is 1. The highest BCUT2D eigenvalue weighted by atomic mass is 35.5. The second-order valence-corrected chi connectivity index (χ2v) is 20.6. The number of carbonyl (C=O) groups is 1. The fraction of sp³-hybridized carbons (Fsp3) is 0.417. The van der Waals surface area contributed by atoms with Crippen LogP contribution < -0.4 is 29.3 Å². The van der Waals surface area contributed by atoms with Crippen molar-refractivity contribution in [1.82, 2.24) is 19.6 Å². The first-order valence-electron chi connectivity index (χ1n) is 22.7. The number of pyridine rings is 1. The number of aromatic nitrogens is 2. The van der Waals surface area contributed by atoms with Crippen molar-refractivity contribution in [2.45, 2.75) is 56.6 Å². The number of amides is 1. The minimum absolute atomic E-state index is 0.0180. The number of rotatable bonds is 10. The Morgan fingerprint density at radius 3 is 2.57 bits per heavy atom. The van der Waals surface area contributed by atoms with Gasteiger partial charge in [-0.1, -0.05) is 43.2 Å². The molecular weight excluding hydrogens is 900 g/mol. The number of hydrogen-bond donors (Lipinski definition) is 3. The lowest BCUT2D eigenvalue weighted by Gasteiger charge is -2.39. The topological polar surface area (TPSA) is 194 Å². The van der Waals surface area contributed by atoms with E-state index in [9.17, 15) is 23.3 Å². The number of anilines is 4. The van der Waals surface area contributed by atoms with Crippen LogP contribution in [0.5, 0.6) is 11.6 Å². The summed E-state index contributed by atoms with van der Waals surface area (Å²) in [5.74, 6) is -0.571. The van der Waals surface area contributed by atoms with Crippen LogP contribution in [-0.2, 0) is 19.5 Å². The van der Waals surface area contributed by atoms with Gasteiger partial charge in [-0.15, -0.1) is 0 Å². The molecule has 67 heavy (non-hydrogen) atoms. The van der Waals surface area contributed by atoms with E-state index in [1.54, 1.807) is 12.3 Å². The van der Waals surface area contributed by atoms with Crippen molar-refractivity contribution in [1.29, 1.82) is 0 Å². The largest absolute Gasteiger partial charge is 0.489 e. The maximum absolute atomic E-state index is 14.5. The van der Waals surface area contributed by atoms with E-state index in [0.29, 0.717) is 55.7 Å². The number of fused-ring (bicyclic) bond motifs is 3. The molecule has 2 fully saturated rings. The molecule has 10 rings (SSSR count). The Bertz CT molecular complexity index is 2860. The smallest absolute Gasteiger partial charge is 0.297 e. The Hall–Kier alpha value is -5.92. The van der Waals surface area contributed by atoms with Crippen LogP contribution in [-0.4, -0.2) is 119 Å². The molecule has 5 aromatic rings. The second-order valence-electron chi connectivity index (χ2n) is 18.5. The molecule has 352 valence electrons. The summed E-state index contributed by atoms with van der Waals surface area (Å²) in [6, 6.07) is 19.1. The van der Waals surface area contributed by atoms with Gasteiger partial charge in [0.25, 0.3) is 21.6 Å². The van der Waals surface area contributed by atoms with Crippen molar-refractivity contribution in [3.05, 3.63) is 105 Å². The number of nitrogens with one attached hydrogen (secondary N) is 3. The predicted molar refractivity (Wildman–Crippen MR) is 256 cm³/mol. The third-order valence-electron chi connectivity index (χ3n) is 13.4. The normalized spacial score (nSPS) is 21.1. The molecule has 0 radical (unpaired) electrons. The summed E-state index contributed by atoms with van der Waals surface area (Å²) in [6.07, 6.45) is 5.14. The molecule has 1 aliphatic carbocycles. The SMILES string of the molecule is CC1(C)CCC(CN2CCN(c3ccc(C(=O)NS(=O)(=O)c4cc5c(c([N+](=O)[O-])c4)N[C@@H]([C@@H]4COCCO4)CO5)c(N4CCCOc5nc6[nH]ccc6cc54)c3)CC2)=C(c2ccc(Cl)cc2)C1. The molecule has 0 bridgehead atoms. The van der Waals surface area contributed by atoms with Crippen molar-refractivity contribution < 1.29 is 37.1 Å². The minimum atomic E-state index is -4.69. The van der Waals surface area contributed by atoms with Crippen molar-refractivity contribution in [3.63, 3.8) is 0 Å².